The Hall–Kier alpha value is -3.55. The first-order valence-electron chi connectivity index (χ1n) is 10.7. The monoisotopic (exact) mass is 520 g/mol. The van der Waals surface area contributed by atoms with Crippen molar-refractivity contribution < 1.29 is 38.3 Å². The molecule has 1 amide bonds. The summed E-state index contributed by atoms with van der Waals surface area (Å²) in [5, 5.41) is 22.0. The number of rotatable bonds is 6. The Morgan fingerprint density at radius 1 is 1.22 bits per heavy atom. The van der Waals surface area contributed by atoms with Crippen LogP contribution in [-0.2, 0) is 9.30 Å². The summed E-state index contributed by atoms with van der Waals surface area (Å²) in [6, 6.07) is 7.91. The third-order valence-corrected chi connectivity index (χ3v) is 5.48. The Morgan fingerprint density at radius 3 is 2.50 bits per heavy atom. The SMILES string of the molecule is C=Cn1nnc(-c2ccc(-c3ccc(N4C[C@@H](C(O)C5CC5)OC4=O)cc3F)cn2)n1.O=P(O)(O)O. The molecular formula is C21H22FN6O7P. The van der Waals surface area contributed by atoms with Gasteiger partial charge in [0.15, 0.2) is 0 Å². The largest absolute Gasteiger partial charge is 0.466 e. The van der Waals surface area contributed by atoms with Crippen LogP contribution in [0.1, 0.15) is 12.8 Å². The average molecular weight is 520 g/mol. The lowest BCUT2D eigenvalue weighted by molar-refractivity contribution is 0.0200. The normalized spacial score (nSPS) is 18.3. The highest BCUT2D eigenvalue weighted by molar-refractivity contribution is 7.45. The van der Waals surface area contributed by atoms with Gasteiger partial charge in [0.1, 0.15) is 17.6 Å². The molecule has 2 aliphatic rings. The van der Waals surface area contributed by atoms with Crippen LogP contribution in [0, 0.1) is 11.7 Å². The molecule has 190 valence electrons. The van der Waals surface area contributed by atoms with E-state index >= 15 is 0 Å². The summed E-state index contributed by atoms with van der Waals surface area (Å²) in [5.74, 6) is 0.0170. The minimum absolute atomic E-state index is 0.184. The number of tetrazole rings is 1. The molecule has 1 unspecified atom stereocenters. The third kappa shape index (κ3) is 6.17. The van der Waals surface area contributed by atoms with Crippen molar-refractivity contribution in [3.63, 3.8) is 0 Å². The Bertz CT molecular complexity index is 1300. The van der Waals surface area contributed by atoms with Crippen LogP contribution in [0.25, 0.3) is 28.8 Å². The van der Waals surface area contributed by atoms with E-state index in [2.05, 4.69) is 27.0 Å². The molecule has 13 nitrogen and oxygen atoms in total. The van der Waals surface area contributed by atoms with Crippen molar-refractivity contribution in [3.8, 4) is 22.6 Å². The molecular weight excluding hydrogens is 498 g/mol. The molecule has 15 heteroatoms. The topological polar surface area (TPSA) is 184 Å². The molecule has 36 heavy (non-hydrogen) atoms. The number of carbonyl (C=O) groups excluding carboxylic acids is 1. The molecule has 3 aromatic rings. The number of aliphatic hydroxyl groups is 1. The van der Waals surface area contributed by atoms with Gasteiger partial charge in [-0.15, -0.1) is 15.0 Å². The van der Waals surface area contributed by atoms with Gasteiger partial charge in [0.2, 0.25) is 5.82 Å². The van der Waals surface area contributed by atoms with E-state index in [0.717, 1.165) is 12.8 Å². The second-order valence-corrected chi connectivity index (χ2v) is 9.11. The number of amides is 1. The fourth-order valence-corrected chi connectivity index (χ4v) is 3.61. The van der Waals surface area contributed by atoms with Crippen LogP contribution in [0.2, 0.25) is 0 Å². The number of carbonyl (C=O) groups is 1. The van der Waals surface area contributed by atoms with Crippen LogP contribution in [0.15, 0.2) is 43.1 Å². The number of aromatic nitrogens is 5. The first kappa shape index (κ1) is 25.5. The van der Waals surface area contributed by atoms with Gasteiger partial charge >= 0.3 is 13.9 Å². The summed E-state index contributed by atoms with van der Waals surface area (Å²) in [4.78, 5) is 40.6. The Balaban J connectivity index is 0.000000556. The van der Waals surface area contributed by atoms with E-state index in [-0.39, 0.29) is 12.5 Å². The molecule has 4 N–H and O–H groups in total. The number of pyridine rings is 1. The van der Waals surface area contributed by atoms with Crippen molar-refractivity contribution in [2.45, 2.75) is 25.0 Å². The van der Waals surface area contributed by atoms with Gasteiger partial charge < -0.3 is 24.5 Å². The first-order valence-corrected chi connectivity index (χ1v) is 12.2. The maximum Gasteiger partial charge on any atom is 0.466 e. The van der Waals surface area contributed by atoms with Crippen molar-refractivity contribution in [1.29, 1.82) is 0 Å². The highest BCUT2D eigenvalue weighted by Gasteiger charge is 2.43. The van der Waals surface area contributed by atoms with Crippen molar-refractivity contribution >= 4 is 25.8 Å². The van der Waals surface area contributed by atoms with Gasteiger partial charge in [-0.1, -0.05) is 12.6 Å². The van der Waals surface area contributed by atoms with Crippen LogP contribution >= 0.6 is 7.82 Å². The summed E-state index contributed by atoms with van der Waals surface area (Å²) in [6.07, 6.45) is 2.96. The molecule has 2 fully saturated rings. The minimum Gasteiger partial charge on any atom is -0.441 e. The zero-order valence-corrected chi connectivity index (χ0v) is 19.5. The minimum atomic E-state index is -4.64. The molecule has 1 saturated carbocycles. The number of hydrogen-bond donors (Lipinski definition) is 4. The zero-order chi connectivity index (χ0) is 26.0. The van der Waals surface area contributed by atoms with E-state index in [1.807, 2.05) is 0 Å². The predicted molar refractivity (Wildman–Crippen MR) is 123 cm³/mol. The lowest BCUT2D eigenvalue weighted by atomic mass is 10.1. The summed E-state index contributed by atoms with van der Waals surface area (Å²) in [7, 11) is -4.64. The van der Waals surface area contributed by atoms with E-state index in [1.165, 1.54) is 28.2 Å². The van der Waals surface area contributed by atoms with Crippen molar-refractivity contribution in [3.05, 3.63) is 48.9 Å². The van der Waals surface area contributed by atoms with E-state index in [9.17, 15) is 14.3 Å². The fourth-order valence-electron chi connectivity index (χ4n) is 3.61. The number of benzene rings is 1. The van der Waals surface area contributed by atoms with Gasteiger partial charge in [-0.25, -0.2) is 13.8 Å². The van der Waals surface area contributed by atoms with Crippen molar-refractivity contribution in [1.82, 2.24) is 25.2 Å². The number of ether oxygens (including phenoxy) is 1. The number of cyclic esters (lactones) is 1. The van der Waals surface area contributed by atoms with E-state index in [0.29, 0.717) is 28.3 Å². The molecule has 2 atom stereocenters. The van der Waals surface area contributed by atoms with Crippen LogP contribution in [-0.4, -0.2) is 69.8 Å². The summed E-state index contributed by atoms with van der Waals surface area (Å²) < 4.78 is 29.1. The molecule has 0 spiro atoms. The Kier molecular flexibility index (Phi) is 7.24. The molecule has 2 aromatic heterocycles. The molecule has 0 bridgehead atoms. The average Bonchev–Trinajstić information content (AvgIpc) is 3.43. The molecule has 1 aliphatic carbocycles. The Morgan fingerprint density at radius 2 is 1.94 bits per heavy atom. The summed E-state index contributed by atoms with van der Waals surface area (Å²) >= 11 is 0. The van der Waals surface area contributed by atoms with E-state index in [1.54, 1.807) is 24.3 Å². The van der Waals surface area contributed by atoms with Gasteiger partial charge in [0.25, 0.3) is 0 Å². The van der Waals surface area contributed by atoms with Crippen LogP contribution in [0.4, 0.5) is 14.9 Å². The van der Waals surface area contributed by atoms with Crippen molar-refractivity contribution in [2.24, 2.45) is 5.92 Å². The van der Waals surface area contributed by atoms with E-state index in [4.69, 9.17) is 24.0 Å². The second kappa shape index (κ2) is 10.2. The number of halogens is 1. The van der Waals surface area contributed by atoms with Gasteiger partial charge in [0, 0.05) is 23.5 Å². The lowest BCUT2D eigenvalue weighted by Gasteiger charge is -2.16. The standard InChI is InChI=1S/C21H19FN6O3.H3O4P/c1-2-28-25-20(24-26-28)17-8-5-13(10-23-17)15-7-6-14(9-16(15)22)27-11-18(31-21(27)30)19(29)12-3-4-12;1-5(2,3)4/h2,5-10,12,18-19,29H,1,3-4,11H2;(H3,1,2,3,4)/t18-,19?;/m0./s1. The van der Waals surface area contributed by atoms with Crippen LogP contribution in [0.3, 0.4) is 0 Å². The number of nitrogens with zero attached hydrogens (tertiary/aromatic N) is 6. The third-order valence-electron chi connectivity index (χ3n) is 5.48. The van der Waals surface area contributed by atoms with Crippen LogP contribution < -0.4 is 4.90 Å². The molecule has 1 aromatic carbocycles. The molecule has 1 saturated heterocycles. The number of aliphatic hydroxyl groups excluding tert-OH is 1. The highest BCUT2D eigenvalue weighted by atomic mass is 31.2. The maximum absolute atomic E-state index is 14.9. The number of hydrogen-bond acceptors (Lipinski definition) is 8. The molecule has 5 rings (SSSR count). The smallest absolute Gasteiger partial charge is 0.441 e. The van der Waals surface area contributed by atoms with Crippen molar-refractivity contribution in [2.75, 3.05) is 11.4 Å². The number of phosphoric acid groups is 1. The quantitative estimate of drug-likeness (QED) is 0.348. The molecule has 0 radical (unpaired) electrons. The maximum atomic E-state index is 14.9. The molecule has 3 heterocycles. The summed E-state index contributed by atoms with van der Waals surface area (Å²) in [5.41, 5.74) is 1.78. The fraction of sp³-hybridized carbons (Fsp3) is 0.286. The summed E-state index contributed by atoms with van der Waals surface area (Å²) in [6.45, 7) is 3.75. The highest BCUT2D eigenvalue weighted by Crippen LogP contribution is 2.37. The van der Waals surface area contributed by atoms with Gasteiger partial charge in [0.05, 0.1) is 18.3 Å². The predicted octanol–water partition coefficient (Wildman–Crippen LogP) is 1.81. The second-order valence-electron chi connectivity index (χ2n) is 8.09. The van der Waals surface area contributed by atoms with Crippen LogP contribution in [0.5, 0.6) is 0 Å². The van der Waals surface area contributed by atoms with Gasteiger partial charge in [-0.2, -0.15) is 0 Å². The first-order chi connectivity index (χ1) is 17.0. The van der Waals surface area contributed by atoms with Gasteiger partial charge in [-0.3, -0.25) is 9.88 Å². The molecule has 1 aliphatic heterocycles. The lowest BCUT2D eigenvalue weighted by Crippen LogP contribution is -2.32. The van der Waals surface area contributed by atoms with E-state index < -0.39 is 31.9 Å². The zero-order valence-electron chi connectivity index (χ0n) is 18.6. The Labute approximate surface area is 203 Å². The number of anilines is 1. The van der Waals surface area contributed by atoms with Gasteiger partial charge in [-0.05, 0) is 48.2 Å².